The van der Waals surface area contributed by atoms with Gasteiger partial charge in [0, 0.05) is 43.8 Å². The van der Waals surface area contributed by atoms with E-state index in [4.69, 9.17) is 21.1 Å². The summed E-state index contributed by atoms with van der Waals surface area (Å²) in [5.41, 5.74) is 5.01. The number of ether oxygens (including phenoxy) is 2. The fourth-order valence-corrected chi connectivity index (χ4v) is 4.54. The Morgan fingerprint density at radius 1 is 1.17 bits per heavy atom. The highest BCUT2D eigenvalue weighted by molar-refractivity contribution is 6.32. The van der Waals surface area contributed by atoms with Gasteiger partial charge in [-0.05, 0) is 35.7 Å². The van der Waals surface area contributed by atoms with Crippen molar-refractivity contribution in [3.63, 3.8) is 0 Å². The summed E-state index contributed by atoms with van der Waals surface area (Å²) in [6.45, 7) is 0.181. The van der Waals surface area contributed by atoms with E-state index >= 15 is 0 Å². The lowest BCUT2D eigenvalue weighted by atomic mass is 9.90. The summed E-state index contributed by atoms with van der Waals surface area (Å²) in [7, 11) is 4.02. The van der Waals surface area contributed by atoms with E-state index in [0.29, 0.717) is 23.8 Å². The van der Waals surface area contributed by atoms with Gasteiger partial charge in [0.15, 0.2) is 0 Å². The van der Waals surface area contributed by atoms with Gasteiger partial charge in [-0.15, -0.1) is 0 Å². The predicted octanol–water partition coefficient (Wildman–Crippen LogP) is 2.48. The standard InChI is InChI=1S/C23H28ClNO5/c1-25(2)15-5-3-13(4-6-15)9-14-10-17(23-16(21(14)24)7-8-29-23)19-11-18(27)22(28)20(12-26)30-19/h3-6,10,18-20,22,26-28H,7-9,11-12H2,1-2H3/t18-,19-,20-,22+/m1/s1. The number of rotatable bonds is 5. The van der Waals surface area contributed by atoms with Crippen LogP contribution < -0.4 is 9.64 Å². The summed E-state index contributed by atoms with van der Waals surface area (Å²) in [6.07, 6.45) is -1.80. The molecule has 30 heavy (non-hydrogen) atoms. The van der Waals surface area contributed by atoms with Crippen LogP contribution in [0.1, 0.15) is 34.8 Å². The lowest BCUT2D eigenvalue weighted by Crippen LogP contribution is -2.47. The maximum absolute atomic E-state index is 10.3. The first kappa shape index (κ1) is 21.4. The van der Waals surface area contributed by atoms with Crippen LogP contribution >= 0.6 is 11.6 Å². The molecule has 2 aromatic carbocycles. The predicted molar refractivity (Wildman–Crippen MR) is 116 cm³/mol. The van der Waals surface area contributed by atoms with Crippen LogP contribution in [0.3, 0.4) is 0 Å². The molecule has 2 aliphatic rings. The molecule has 0 saturated carbocycles. The normalized spacial score (nSPS) is 25.7. The molecule has 0 radical (unpaired) electrons. The van der Waals surface area contributed by atoms with Crippen LogP contribution in [-0.2, 0) is 17.6 Å². The first-order valence-corrected chi connectivity index (χ1v) is 10.6. The van der Waals surface area contributed by atoms with Gasteiger partial charge in [0.25, 0.3) is 0 Å². The smallest absolute Gasteiger partial charge is 0.129 e. The number of aliphatic hydroxyl groups excluding tert-OH is 3. The maximum atomic E-state index is 10.3. The Hall–Kier alpha value is -1.83. The van der Waals surface area contributed by atoms with Gasteiger partial charge >= 0.3 is 0 Å². The minimum absolute atomic E-state index is 0.228. The number of anilines is 1. The molecule has 1 fully saturated rings. The van der Waals surface area contributed by atoms with E-state index in [9.17, 15) is 15.3 Å². The van der Waals surface area contributed by atoms with Crippen LogP contribution in [0.25, 0.3) is 0 Å². The van der Waals surface area contributed by atoms with E-state index in [1.54, 1.807) is 0 Å². The molecule has 4 rings (SSSR count). The third-order valence-corrected chi connectivity index (χ3v) is 6.43. The number of halogens is 1. The summed E-state index contributed by atoms with van der Waals surface area (Å²) in [5.74, 6) is 0.706. The zero-order valence-corrected chi connectivity index (χ0v) is 18.0. The van der Waals surface area contributed by atoms with Crippen molar-refractivity contribution in [2.75, 3.05) is 32.2 Å². The Kier molecular flexibility index (Phi) is 6.23. The Morgan fingerprint density at radius 3 is 2.57 bits per heavy atom. The molecule has 0 amide bonds. The zero-order valence-electron chi connectivity index (χ0n) is 17.2. The summed E-state index contributed by atoms with van der Waals surface area (Å²) < 4.78 is 11.8. The molecule has 3 N–H and O–H groups in total. The first-order valence-electron chi connectivity index (χ1n) is 10.2. The zero-order chi connectivity index (χ0) is 21.4. The number of hydrogen-bond donors (Lipinski definition) is 3. The van der Waals surface area contributed by atoms with E-state index in [1.807, 2.05) is 20.2 Å². The van der Waals surface area contributed by atoms with E-state index in [2.05, 4.69) is 29.2 Å². The van der Waals surface area contributed by atoms with E-state index in [0.717, 1.165) is 34.4 Å². The van der Waals surface area contributed by atoms with Gasteiger partial charge in [-0.25, -0.2) is 0 Å². The fourth-order valence-electron chi connectivity index (χ4n) is 4.24. The Bertz CT molecular complexity index is 901. The number of fused-ring (bicyclic) bond motifs is 1. The second-order valence-corrected chi connectivity index (χ2v) is 8.60. The molecule has 2 aliphatic heterocycles. The van der Waals surface area contributed by atoms with E-state index < -0.39 is 24.4 Å². The van der Waals surface area contributed by atoms with Gasteiger partial charge in [0.2, 0.25) is 0 Å². The third kappa shape index (κ3) is 4.03. The Balaban J connectivity index is 1.68. The lowest BCUT2D eigenvalue weighted by molar-refractivity contribution is -0.181. The molecule has 2 heterocycles. The van der Waals surface area contributed by atoms with Crippen LogP contribution in [0, 0.1) is 0 Å². The van der Waals surface area contributed by atoms with Gasteiger partial charge < -0.3 is 29.7 Å². The molecule has 0 aliphatic carbocycles. The van der Waals surface area contributed by atoms with Crippen LogP contribution in [-0.4, -0.2) is 60.9 Å². The van der Waals surface area contributed by atoms with Crippen molar-refractivity contribution in [3.8, 4) is 5.75 Å². The first-order chi connectivity index (χ1) is 14.4. The molecule has 0 unspecified atom stereocenters. The van der Waals surface area contributed by atoms with Gasteiger partial charge in [0.1, 0.15) is 18.0 Å². The molecular weight excluding hydrogens is 406 g/mol. The summed E-state index contributed by atoms with van der Waals surface area (Å²) in [5, 5.41) is 30.6. The topological polar surface area (TPSA) is 82.4 Å². The van der Waals surface area contributed by atoms with Gasteiger partial charge in [0.05, 0.1) is 30.4 Å². The van der Waals surface area contributed by atoms with E-state index in [-0.39, 0.29) is 13.0 Å². The van der Waals surface area contributed by atoms with Crippen LogP contribution in [0.15, 0.2) is 30.3 Å². The highest BCUT2D eigenvalue weighted by Crippen LogP contribution is 2.44. The molecule has 7 heteroatoms. The summed E-state index contributed by atoms with van der Waals surface area (Å²) >= 11 is 6.75. The Morgan fingerprint density at radius 2 is 1.90 bits per heavy atom. The van der Waals surface area contributed by atoms with Gasteiger partial charge in [-0.3, -0.25) is 0 Å². The second kappa shape index (κ2) is 8.73. The number of aliphatic hydroxyl groups is 3. The minimum atomic E-state index is -1.11. The van der Waals surface area contributed by atoms with E-state index in [1.165, 1.54) is 0 Å². The van der Waals surface area contributed by atoms with Crippen molar-refractivity contribution in [3.05, 3.63) is 57.6 Å². The Labute approximate surface area is 181 Å². The molecule has 1 saturated heterocycles. The summed E-state index contributed by atoms with van der Waals surface area (Å²) in [4.78, 5) is 2.05. The molecule has 0 aromatic heterocycles. The number of benzene rings is 2. The molecule has 162 valence electrons. The van der Waals surface area contributed by atoms with Crippen LogP contribution in [0.4, 0.5) is 5.69 Å². The highest BCUT2D eigenvalue weighted by Gasteiger charge is 2.39. The third-order valence-electron chi connectivity index (χ3n) is 5.96. The quantitative estimate of drug-likeness (QED) is 0.672. The van der Waals surface area contributed by atoms with Crippen LogP contribution in [0.5, 0.6) is 5.75 Å². The largest absolute Gasteiger partial charge is 0.493 e. The number of nitrogens with zero attached hydrogens (tertiary/aromatic N) is 1. The maximum Gasteiger partial charge on any atom is 0.129 e. The average Bonchev–Trinajstić information content (AvgIpc) is 3.23. The fraction of sp³-hybridized carbons (Fsp3) is 0.478. The molecular formula is C23H28ClNO5. The van der Waals surface area contributed by atoms with Crippen molar-refractivity contribution in [2.45, 2.75) is 43.7 Å². The monoisotopic (exact) mass is 433 g/mol. The SMILES string of the molecule is CN(C)c1ccc(Cc2cc([C@H]3C[C@@H](O)[C@H](O)[C@@H](CO)O3)c3c(c2Cl)CCO3)cc1. The second-order valence-electron chi connectivity index (χ2n) is 8.22. The van der Waals surface area contributed by atoms with Crippen molar-refractivity contribution >= 4 is 17.3 Å². The minimum Gasteiger partial charge on any atom is -0.493 e. The average molecular weight is 434 g/mol. The van der Waals surface area contributed by atoms with Crippen molar-refractivity contribution in [1.29, 1.82) is 0 Å². The lowest BCUT2D eigenvalue weighted by Gasteiger charge is -2.37. The molecule has 4 atom stereocenters. The van der Waals surface area contributed by atoms with Crippen molar-refractivity contribution < 1.29 is 24.8 Å². The van der Waals surface area contributed by atoms with Gasteiger partial charge in [-0.2, -0.15) is 0 Å². The molecule has 6 nitrogen and oxygen atoms in total. The molecule has 0 spiro atoms. The van der Waals surface area contributed by atoms with Crippen molar-refractivity contribution in [1.82, 2.24) is 0 Å². The highest BCUT2D eigenvalue weighted by atomic mass is 35.5. The molecule has 2 aromatic rings. The van der Waals surface area contributed by atoms with Crippen LogP contribution in [0.2, 0.25) is 5.02 Å². The number of hydrogen-bond acceptors (Lipinski definition) is 6. The molecule has 0 bridgehead atoms. The van der Waals surface area contributed by atoms with Crippen molar-refractivity contribution in [2.24, 2.45) is 0 Å². The summed E-state index contributed by atoms with van der Waals surface area (Å²) in [6, 6.07) is 10.3. The van der Waals surface area contributed by atoms with Gasteiger partial charge in [-0.1, -0.05) is 23.7 Å².